The number of carbonyl (C=O) groups is 1. The van der Waals surface area contributed by atoms with Gasteiger partial charge in [-0.15, -0.1) is 0 Å². The number of anilines is 1. The molecule has 1 fully saturated rings. The van der Waals surface area contributed by atoms with Crippen LogP contribution in [0.25, 0.3) is 22.5 Å². The number of hydrogen-bond donors (Lipinski definition) is 2. The Kier molecular flexibility index (Phi) is 3.80. The summed E-state index contributed by atoms with van der Waals surface area (Å²) in [6, 6.07) is 8.17. The average molecular weight is 375 g/mol. The Balaban J connectivity index is 1.57. The lowest BCUT2D eigenvalue weighted by Gasteiger charge is -2.30. The maximum atomic E-state index is 12.7. The number of fused-ring (bicyclic) bond motifs is 2. The molecule has 0 radical (unpaired) electrons. The second-order valence-corrected chi connectivity index (χ2v) is 7.54. The molecule has 2 aliphatic rings. The molecule has 0 atom stereocenters. The number of nitrogens with one attached hydrogen (secondary N) is 2. The zero-order chi connectivity index (χ0) is 19.3. The molecule has 1 saturated heterocycles. The van der Waals surface area contributed by atoms with Gasteiger partial charge in [0.25, 0.3) is 0 Å². The number of carbonyl (C=O) groups excluding carboxylic acids is 1. The molecule has 7 heteroatoms. The third-order valence-corrected chi connectivity index (χ3v) is 5.77. The van der Waals surface area contributed by atoms with Gasteiger partial charge in [-0.25, -0.2) is 4.98 Å². The van der Waals surface area contributed by atoms with Crippen LogP contribution in [0.5, 0.6) is 0 Å². The average Bonchev–Trinajstić information content (AvgIpc) is 3.25. The number of nitrogens with zero attached hydrogens (tertiary/aromatic N) is 3. The molecular formula is C21H21N5O2. The summed E-state index contributed by atoms with van der Waals surface area (Å²) in [6.07, 6.45) is 3.22. The van der Waals surface area contributed by atoms with E-state index in [4.69, 9.17) is 9.72 Å². The van der Waals surface area contributed by atoms with Crippen LogP contribution >= 0.6 is 0 Å². The summed E-state index contributed by atoms with van der Waals surface area (Å²) >= 11 is 0. The molecule has 1 aromatic carbocycles. The summed E-state index contributed by atoms with van der Waals surface area (Å²) in [5.74, 6) is 1.49. The first kappa shape index (κ1) is 17.1. The molecule has 2 N–H and O–H groups in total. The number of aryl methyl sites for hydroxylation is 2. The number of benzene rings is 1. The van der Waals surface area contributed by atoms with Gasteiger partial charge in [0.15, 0.2) is 5.82 Å². The van der Waals surface area contributed by atoms with Crippen molar-refractivity contribution in [1.29, 1.82) is 0 Å². The number of ether oxygens (including phenoxy) is 1. The third-order valence-electron chi connectivity index (χ3n) is 5.77. The van der Waals surface area contributed by atoms with Gasteiger partial charge >= 0.3 is 0 Å². The predicted molar refractivity (Wildman–Crippen MR) is 105 cm³/mol. The van der Waals surface area contributed by atoms with E-state index in [1.54, 1.807) is 0 Å². The van der Waals surface area contributed by atoms with Gasteiger partial charge in [-0.1, -0.05) is 12.1 Å². The Labute approximate surface area is 162 Å². The second-order valence-electron chi connectivity index (χ2n) is 7.54. The number of rotatable bonds is 2. The zero-order valence-electron chi connectivity index (χ0n) is 15.9. The van der Waals surface area contributed by atoms with Crippen molar-refractivity contribution in [3.8, 4) is 22.5 Å². The van der Waals surface area contributed by atoms with E-state index in [1.807, 2.05) is 25.3 Å². The molecule has 0 bridgehead atoms. The van der Waals surface area contributed by atoms with Gasteiger partial charge in [-0.3, -0.25) is 14.9 Å². The van der Waals surface area contributed by atoms with Gasteiger partial charge in [0.1, 0.15) is 5.82 Å². The van der Waals surface area contributed by atoms with Crippen LogP contribution < -0.4 is 5.32 Å². The largest absolute Gasteiger partial charge is 0.381 e. The first-order valence-corrected chi connectivity index (χ1v) is 9.47. The Morgan fingerprint density at radius 3 is 2.68 bits per heavy atom. The predicted octanol–water partition coefficient (Wildman–Crippen LogP) is 3.15. The summed E-state index contributed by atoms with van der Waals surface area (Å²) in [7, 11) is 0. The Hall–Kier alpha value is -3.06. The van der Waals surface area contributed by atoms with Crippen LogP contribution in [0.4, 0.5) is 5.69 Å². The smallest absolute Gasteiger partial charge is 0.236 e. The molecule has 0 saturated carbocycles. The Bertz CT molecular complexity index is 1080. The molecule has 1 spiro atoms. The molecule has 4 heterocycles. The number of pyridine rings is 1. The van der Waals surface area contributed by atoms with Gasteiger partial charge < -0.3 is 10.1 Å². The molecule has 2 aliphatic heterocycles. The molecule has 1 amide bonds. The highest BCUT2D eigenvalue weighted by Crippen LogP contribution is 2.44. The Morgan fingerprint density at radius 2 is 1.93 bits per heavy atom. The van der Waals surface area contributed by atoms with Crippen molar-refractivity contribution in [3.05, 3.63) is 47.5 Å². The summed E-state index contributed by atoms with van der Waals surface area (Å²) in [5.41, 5.74) is 5.20. The molecule has 2 aromatic heterocycles. The number of hydrogen-bond acceptors (Lipinski definition) is 5. The van der Waals surface area contributed by atoms with Gasteiger partial charge in [0.2, 0.25) is 5.91 Å². The highest BCUT2D eigenvalue weighted by Gasteiger charge is 2.49. The van der Waals surface area contributed by atoms with Crippen molar-refractivity contribution in [3.63, 3.8) is 0 Å². The molecule has 3 aromatic rings. The van der Waals surface area contributed by atoms with E-state index in [1.165, 1.54) is 0 Å². The fourth-order valence-electron chi connectivity index (χ4n) is 4.17. The van der Waals surface area contributed by atoms with Crippen LogP contribution in [-0.2, 0) is 14.9 Å². The van der Waals surface area contributed by atoms with Crippen molar-refractivity contribution in [2.24, 2.45) is 0 Å². The first-order valence-electron chi connectivity index (χ1n) is 9.47. The standard InChI is InChI=1S/C21H21N5O2/c1-12-3-4-14(19-23-13(2)25-26-19)9-16(12)15-10-17-18(22-11-15)21(20(27)24-17)5-7-28-8-6-21/h3-4,9-11H,5-8H2,1-2H3,(H,24,27)(H,23,25,26). The van der Waals surface area contributed by atoms with E-state index in [-0.39, 0.29) is 5.91 Å². The number of aromatic amines is 1. The van der Waals surface area contributed by atoms with Crippen LogP contribution in [0.3, 0.4) is 0 Å². The van der Waals surface area contributed by atoms with E-state index in [9.17, 15) is 4.79 Å². The quantitative estimate of drug-likeness (QED) is 0.718. The zero-order valence-corrected chi connectivity index (χ0v) is 15.9. The normalized spacial score (nSPS) is 17.6. The molecule has 28 heavy (non-hydrogen) atoms. The van der Waals surface area contributed by atoms with Crippen LogP contribution in [0.15, 0.2) is 30.5 Å². The van der Waals surface area contributed by atoms with Crippen molar-refractivity contribution >= 4 is 11.6 Å². The van der Waals surface area contributed by atoms with Crippen LogP contribution in [0.1, 0.15) is 29.9 Å². The van der Waals surface area contributed by atoms with E-state index < -0.39 is 5.41 Å². The van der Waals surface area contributed by atoms with Crippen molar-refractivity contribution in [1.82, 2.24) is 20.2 Å². The van der Waals surface area contributed by atoms with Gasteiger partial charge in [-0.2, -0.15) is 5.10 Å². The minimum Gasteiger partial charge on any atom is -0.381 e. The summed E-state index contributed by atoms with van der Waals surface area (Å²) in [6.45, 7) is 5.13. The summed E-state index contributed by atoms with van der Waals surface area (Å²) in [4.78, 5) is 21.9. The van der Waals surface area contributed by atoms with E-state index in [2.05, 4.69) is 39.6 Å². The van der Waals surface area contributed by atoms with Crippen molar-refractivity contribution < 1.29 is 9.53 Å². The Morgan fingerprint density at radius 1 is 1.11 bits per heavy atom. The van der Waals surface area contributed by atoms with Crippen molar-refractivity contribution in [2.75, 3.05) is 18.5 Å². The van der Waals surface area contributed by atoms with Gasteiger partial charge in [0.05, 0.1) is 16.8 Å². The van der Waals surface area contributed by atoms with E-state index >= 15 is 0 Å². The van der Waals surface area contributed by atoms with Crippen LogP contribution in [0.2, 0.25) is 0 Å². The van der Waals surface area contributed by atoms with E-state index in [0.29, 0.717) is 31.9 Å². The molecule has 0 unspecified atom stereocenters. The fraction of sp³-hybridized carbons (Fsp3) is 0.333. The monoisotopic (exact) mass is 375 g/mol. The molecule has 5 rings (SSSR count). The molecule has 7 nitrogen and oxygen atoms in total. The highest BCUT2D eigenvalue weighted by molar-refractivity contribution is 6.06. The number of H-pyrrole nitrogens is 1. The lowest BCUT2D eigenvalue weighted by Crippen LogP contribution is -2.40. The van der Waals surface area contributed by atoms with E-state index in [0.717, 1.165) is 39.5 Å². The first-order chi connectivity index (χ1) is 13.6. The van der Waals surface area contributed by atoms with Crippen molar-refractivity contribution in [2.45, 2.75) is 32.1 Å². The number of amides is 1. The third kappa shape index (κ3) is 2.54. The minimum atomic E-state index is -0.542. The molecule has 0 aliphatic carbocycles. The van der Waals surface area contributed by atoms with Crippen LogP contribution in [0, 0.1) is 13.8 Å². The fourth-order valence-corrected chi connectivity index (χ4v) is 4.17. The SMILES string of the molecule is Cc1nc(-c2ccc(C)c(-c3cnc4c(c3)NC(=O)C43CCOCC3)c2)n[nH]1. The second kappa shape index (κ2) is 6.24. The lowest BCUT2D eigenvalue weighted by atomic mass is 9.78. The topological polar surface area (TPSA) is 92.8 Å². The number of aromatic nitrogens is 4. The molecular weight excluding hydrogens is 354 g/mol. The van der Waals surface area contributed by atoms with Gasteiger partial charge in [-0.05, 0) is 49.9 Å². The summed E-state index contributed by atoms with van der Waals surface area (Å²) in [5, 5.41) is 10.2. The van der Waals surface area contributed by atoms with Crippen LogP contribution in [-0.4, -0.2) is 39.3 Å². The minimum absolute atomic E-state index is 0.0390. The maximum Gasteiger partial charge on any atom is 0.236 e. The highest BCUT2D eigenvalue weighted by atomic mass is 16.5. The maximum absolute atomic E-state index is 12.7. The molecule has 142 valence electrons. The summed E-state index contributed by atoms with van der Waals surface area (Å²) < 4.78 is 5.46. The lowest BCUT2D eigenvalue weighted by molar-refractivity contribution is -0.124. The van der Waals surface area contributed by atoms with Gasteiger partial charge in [0, 0.05) is 30.5 Å².